The van der Waals surface area contributed by atoms with E-state index in [-0.39, 0.29) is 0 Å². The molecule has 1 heterocycles. The largest absolute Gasteiger partial charge is 0.308 e. The van der Waals surface area contributed by atoms with Crippen molar-refractivity contribution in [2.75, 3.05) is 13.1 Å². The predicted octanol–water partition coefficient (Wildman–Crippen LogP) is 3.99. The number of nitrogens with zero attached hydrogens (tertiary/aromatic N) is 1. The van der Waals surface area contributed by atoms with Crippen molar-refractivity contribution in [2.24, 2.45) is 5.92 Å². The molecule has 2 unspecified atom stereocenters. The van der Waals surface area contributed by atoms with Gasteiger partial charge in [-0.1, -0.05) is 44.2 Å². The molecule has 3 rings (SSSR count). The molecule has 116 valence electrons. The molecule has 2 aliphatic rings. The van der Waals surface area contributed by atoms with Gasteiger partial charge in [-0.15, -0.1) is 0 Å². The van der Waals surface area contributed by atoms with Crippen molar-refractivity contribution in [2.45, 2.75) is 64.1 Å². The summed E-state index contributed by atoms with van der Waals surface area (Å²) in [6.45, 7) is 9.40. The number of hydrogen-bond donors (Lipinski definition) is 1. The lowest BCUT2D eigenvalue weighted by Crippen LogP contribution is -2.62. The van der Waals surface area contributed by atoms with Gasteiger partial charge in [-0.2, -0.15) is 0 Å². The summed E-state index contributed by atoms with van der Waals surface area (Å²) in [6.07, 6.45) is 5.30. The maximum Gasteiger partial charge on any atom is 0.0476 e. The van der Waals surface area contributed by atoms with Crippen LogP contribution < -0.4 is 5.32 Å². The summed E-state index contributed by atoms with van der Waals surface area (Å²) in [5, 5.41) is 3.88. The Kier molecular flexibility index (Phi) is 4.37. The zero-order valence-electron chi connectivity index (χ0n) is 13.8. The minimum Gasteiger partial charge on any atom is -0.308 e. The molecule has 1 aliphatic carbocycles. The van der Waals surface area contributed by atoms with Crippen LogP contribution in [-0.4, -0.2) is 29.6 Å². The Balaban J connectivity index is 1.85. The summed E-state index contributed by atoms with van der Waals surface area (Å²) in [6, 6.07) is 12.3. The molecule has 2 atom stereocenters. The summed E-state index contributed by atoms with van der Waals surface area (Å²) in [7, 11) is 0. The van der Waals surface area contributed by atoms with Gasteiger partial charge in [0, 0.05) is 30.7 Å². The highest BCUT2D eigenvalue weighted by atomic mass is 15.3. The van der Waals surface area contributed by atoms with Crippen molar-refractivity contribution >= 4 is 0 Å². The topological polar surface area (TPSA) is 15.3 Å². The normalized spacial score (nSPS) is 27.5. The first-order valence-corrected chi connectivity index (χ1v) is 8.75. The lowest BCUT2D eigenvalue weighted by molar-refractivity contribution is 0.0341. The maximum atomic E-state index is 3.88. The minimum absolute atomic E-state index is 0.314. The van der Waals surface area contributed by atoms with Crippen LogP contribution in [0.1, 0.15) is 58.1 Å². The van der Waals surface area contributed by atoms with E-state index in [1.54, 1.807) is 0 Å². The number of benzene rings is 1. The number of piperazine rings is 1. The minimum atomic E-state index is 0.314. The van der Waals surface area contributed by atoms with Crippen LogP contribution in [0.5, 0.6) is 0 Å². The van der Waals surface area contributed by atoms with E-state index in [0.29, 0.717) is 11.6 Å². The lowest BCUT2D eigenvalue weighted by atomic mass is 9.86. The Morgan fingerprint density at radius 2 is 1.86 bits per heavy atom. The Hall–Kier alpha value is -0.860. The zero-order chi connectivity index (χ0) is 14.9. The average Bonchev–Trinajstić information content (AvgIpc) is 3.39. The van der Waals surface area contributed by atoms with Crippen LogP contribution in [0.4, 0.5) is 0 Å². The van der Waals surface area contributed by atoms with Crippen LogP contribution in [0.15, 0.2) is 30.3 Å². The molecule has 1 aromatic rings. The fourth-order valence-corrected chi connectivity index (χ4v) is 3.93. The Morgan fingerprint density at radius 1 is 1.19 bits per heavy atom. The first-order chi connectivity index (χ1) is 10.2. The van der Waals surface area contributed by atoms with E-state index in [0.717, 1.165) is 18.5 Å². The predicted molar refractivity (Wildman–Crippen MR) is 89.4 cm³/mol. The molecular weight excluding hydrogens is 256 g/mol. The molecule has 2 fully saturated rings. The molecule has 1 saturated heterocycles. The van der Waals surface area contributed by atoms with E-state index in [2.05, 4.69) is 61.3 Å². The third kappa shape index (κ3) is 3.02. The summed E-state index contributed by atoms with van der Waals surface area (Å²) in [4.78, 5) is 2.80. The van der Waals surface area contributed by atoms with E-state index in [1.165, 1.54) is 37.8 Å². The monoisotopic (exact) mass is 286 g/mol. The van der Waals surface area contributed by atoms with Crippen molar-refractivity contribution in [1.82, 2.24) is 10.2 Å². The second kappa shape index (κ2) is 6.10. The molecule has 0 bridgehead atoms. The second-order valence-corrected chi connectivity index (χ2v) is 7.05. The van der Waals surface area contributed by atoms with Crippen LogP contribution in [-0.2, 0) is 0 Å². The van der Waals surface area contributed by atoms with Crippen LogP contribution in [0.3, 0.4) is 0 Å². The summed E-state index contributed by atoms with van der Waals surface area (Å²) < 4.78 is 0. The Morgan fingerprint density at radius 3 is 2.43 bits per heavy atom. The fraction of sp³-hybridized carbons (Fsp3) is 0.684. The third-order valence-electron chi connectivity index (χ3n) is 5.92. The van der Waals surface area contributed by atoms with Crippen molar-refractivity contribution < 1.29 is 0 Å². The van der Waals surface area contributed by atoms with Gasteiger partial charge in [0.25, 0.3) is 0 Å². The van der Waals surface area contributed by atoms with E-state index >= 15 is 0 Å². The first-order valence-electron chi connectivity index (χ1n) is 8.75. The molecule has 2 nitrogen and oxygen atoms in total. The van der Waals surface area contributed by atoms with Crippen LogP contribution in [0, 0.1) is 5.92 Å². The highest BCUT2D eigenvalue weighted by Gasteiger charge is 2.42. The molecule has 0 spiro atoms. The molecule has 1 aliphatic heterocycles. The van der Waals surface area contributed by atoms with Crippen molar-refractivity contribution in [1.29, 1.82) is 0 Å². The fourth-order valence-electron chi connectivity index (χ4n) is 3.93. The zero-order valence-corrected chi connectivity index (χ0v) is 13.8. The van der Waals surface area contributed by atoms with Gasteiger partial charge in [0.2, 0.25) is 0 Å². The molecule has 1 saturated carbocycles. The second-order valence-electron chi connectivity index (χ2n) is 7.05. The molecule has 1 N–H and O–H groups in total. The molecular formula is C19H30N2. The highest BCUT2D eigenvalue weighted by molar-refractivity contribution is 5.21. The Bertz CT molecular complexity index is 448. The lowest BCUT2D eigenvalue weighted by Gasteiger charge is -2.50. The van der Waals surface area contributed by atoms with Gasteiger partial charge in [0.15, 0.2) is 0 Å². The average molecular weight is 286 g/mol. The van der Waals surface area contributed by atoms with E-state index in [9.17, 15) is 0 Å². The molecule has 0 amide bonds. The van der Waals surface area contributed by atoms with Crippen LogP contribution >= 0.6 is 0 Å². The summed E-state index contributed by atoms with van der Waals surface area (Å²) in [5.41, 5.74) is 1.78. The highest BCUT2D eigenvalue weighted by Crippen LogP contribution is 2.40. The van der Waals surface area contributed by atoms with Crippen molar-refractivity contribution in [3.63, 3.8) is 0 Å². The van der Waals surface area contributed by atoms with Gasteiger partial charge < -0.3 is 5.32 Å². The molecule has 2 heteroatoms. The van der Waals surface area contributed by atoms with E-state index in [4.69, 9.17) is 0 Å². The maximum absolute atomic E-state index is 3.88. The van der Waals surface area contributed by atoms with Gasteiger partial charge in [-0.25, -0.2) is 0 Å². The number of nitrogens with one attached hydrogen (secondary N) is 1. The summed E-state index contributed by atoms with van der Waals surface area (Å²) >= 11 is 0. The third-order valence-corrected chi connectivity index (χ3v) is 5.92. The van der Waals surface area contributed by atoms with Crippen molar-refractivity contribution in [3.8, 4) is 0 Å². The van der Waals surface area contributed by atoms with Gasteiger partial charge in [0.1, 0.15) is 0 Å². The van der Waals surface area contributed by atoms with Gasteiger partial charge in [-0.3, -0.25) is 4.90 Å². The SMILES string of the molecule is CCC1(CC)CN(C(C)C2CC2)C(c2ccccc2)CN1. The molecule has 1 aromatic carbocycles. The quantitative estimate of drug-likeness (QED) is 0.880. The van der Waals surface area contributed by atoms with Crippen LogP contribution in [0.2, 0.25) is 0 Å². The van der Waals surface area contributed by atoms with Crippen LogP contribution in [0.25, 0.3) is 0 Å². The molecule has 0 aromatic heterocycles. The molecule has 21 heavy (non-hydrogen) atoms. The summed E-state index contributed by atoms with van der Waals surface area (Å²) in [5.74, 6) is 0.931. The first kappa shape index (κ1) is 15.1. The van der Waals surface area contributed by atoms with Crippen molar-refractivity contribution in [3.05, 3.63) is 35.9 Å². The van der Waals surface area contributed by atoms with E-state index < -0.39 is 0 Å². The molecule has 0 radical (unpaired) electrons. The number of rotatable bonds is 5. The van der Waals surface area contributed by atoms with E-state index in [1.807, 2.05) is 0 Å². The smallest absolute Gasteiger partial charge is 0.0476 e. The Labute approximate surface area is 129 Å². The van der Waals surface area contributed by atoms with Gasteiger partial charge in [0.05, 0.1) is 0 Å². The number of hydrogen-bond acceptors (Lipinski definition) is 2. The van der Waals surface area contributed by atoms with Gasteiger partial charge in [-0.05, 0) is 44.1 Å². The standard InChI is InChI=1S/C19H30N2/c1-4-19(5-2)14-21(15(3)16-11-12-16)18(13-20-19)17-9-7-6-8-10-17/h6-10,15-16,18,20H,4-5,11-14H2,1-3H3. The van der Waals surface area contributed by atoms with Gasteiger partial charge >= 0.3 is 0 Å².